The molecule has 2 aromatic rings. The second-order valence-electron chi connectivity index (χ2n) is 5.71. The van der Waals surface area contributed by atoms with E-state index < -0.39 is 16.2 Å². The standard InChI is InChI=1S/C18H22O4S/c1-13-8-10-17(11-9-13)23(19,20)22-16(4)12-21-18-14(2)6-5-7-15(18)3/h5-11,16H,12H2,1-4H3/t16-/m1/s1. The lowest BCUT2D eigenvalue weighted by Gasteiger charge is -2.16. The van der Waals surface area contributed by atoms with Gasteiger partial charge in [-0.25, -0.2) is 0 Å². The van der Waals surface area contributed by atoms with Gasteiger partial charge in [0, 0.05) is 0 Å². The first-order valence-corrected chi connectivity index (χ1v) is 8.89. The molecule has 0 aliphatic rings. The maximum Gasteiger partial charge on any atom is 0.297 e. The summed E-state index contributed by atoms with van der Waals surface area (Å²) in [5, 5.41) is 0. The Morgan fingerprint density at radius 2 is 1.52 bits per heavy atom. The van der Waals surface area contributed by atoms with Gasteiger partial charge in [0.1, 0.15) is 18.5 Å². The van der Waals surface area contributed by atoms with E-state index in [2.05, 4.69) is 0 Å². The van der Waals surface area contributed by atoms with Gasteiger partial charge in [0.05, 0.1) is 4.90 Å². The van der Waals surface area contributed by atoms with Gasteiger partial charge in [-0.05, 0) is 51.0 Å². The third kappa shape index (κ3) is 4.56. The molecule has 0 amide bonds. The van der Waals surface area contributed by atoms with E-state index in [1.54, 1.807) is 31.2 Å². The van der Waals surface area contributed by atoms with Gasteiger partial charge in [-0.1, -0.05) is 35.9 Å². The Balaban J connectivity index is 2.01. The highest BCUT2D eigenvalue weighted by molar-refractivity contribution is 7.86. The molecule has 0 fully saturated rings. The van der Waals surface area contributed by atoms with Crippen LogP contribution in [0.5, 0.6) is 5.75 Å². The first-order valence-electron chi connectivity index (χ1n) is 7.48. The minimum Gasteiger partial charge on any atom is -0.490 e. The molecule has 0 spiro atoms. The van der Waals surface area contributed by atoms with E-state index in [1.165, 1.54) is 0 Å². The third-order valence-electron chi connectivity index (χ3n) is 3.47. The molecule has 23 heavy (non-hydrogen) atoms. The predicted molar refractivity (Wildman–Crippen MR) is 90.3 cm³/mol. The van der Waals surface area contributed by atoms with Gasteiger partial charge < -0.3 is 4.74 Å². The van der Waals surface area contributed by atoms with Crippen LogP contribution in [0.1, 0.15) is 23.6 Å². The summed E-state index contributed by atoms with van der Waals surface area (Å²) in [6.45, 7) is 7.65. The highest BCUT2D eigenvalue weighted by Crippen LogP contribution is 2.23. The van der Waals surface area contributed by atoms with Crippen LogP contribution in [-0.2, 0) is 14.3 Å². The molecule has 0 saturated heterocycles. The number of ether oxygens (including phenoxy) is 1. The Morgan fingerprint density at radius 3 is 2.09 bits per heavy atom. The molecule has 0 aliphatic heterocycles. The maximum absolute atomic E-state index is 12.2. The normalized spacial score (nSPS) is 12.9. The minimum atomic E-state index is -3.78. The largest absolute Gasteiger partial charge is 0.490 e. The Bertz CT molecular complexity index is 744. The Labute approximate surface area is 138 Å². The molecule has 0 aliphatic carbocycles. The average Bonchev–Trinajstić information content (AvgIpc) is 2.46. The number of benzene rings is 2. The zero-order chi connectivity index (χ0) is 17.0. The molecule has 124 valence electrons. The first-order chi connectivity index (χ1) is 10.8. The highest BCUT2D eigenvalue weighted by atomic mass is 32.2. The van der Waals surface area contributed by atoms with Gasteiger partial charge >= 0.3 is 0 Å². The summed E-state index contributed by atoms with van der Waals surface area (Å²) in [4.78, 5) is 0.155. The van der Waals surface area contributed by atoms with Crippen molar-refractivity contribution < 1.29 is 17.3 Å². The zero-order valence-corrected chi connectivity index (χ0v) is 14.7. The Hall–Kier alpha value is -1.85. The van der Waals surface area contributed by atoms with Crippen molar-refractivity contribution in [2.24, 2.45) is 0 Å². The molecule has 0 bridgehead atoms. The predicted octanol–water partition coefficient (Wildman–Crippen LogP) is 3.78. The fourth-order valence-corrected chi connectivity index (χ4v) is 3.30. The van der Waals surface area contributed by atoms with Gasteiger partial charge in [0.15, 0.2) is 0 Å². The summed E-state index contributed by atoms with van der Waals surface area (Å²) in [7, 11) is -3.78. The second kappa shape index (κ2) is 7.15. The lowest BCUT2D eigenvalue weighted by Crippen LogP contribution is -2.22. The van der Waals surface area contributed by atoms with Crippen LogP contribution in [-0.4, -0.2) is 21.1 Å². The van der Waals surface area contributed by atoms with Crippen LogP contribution < -0.4 is 4.74 Å². The molecule has 1 atom stereocenters. The molecule has 0 N–H and O–H groups in total. The zero-order valence-electron chi connectivity index (χ0n) is 13.9. The fourth-order valence-electron chi connectivity index (χ4n) is 2.23. The van der Waals surface area contributed by atoms with Crippen molar-refractivity contribution in [3.05, 3.63) is 59.2 Å². The van der Waals surface area contributed by atoms with Crippen LogP contribution in [0.15, 0.2) is 47.4 Å². The van der Waals surface area contributed by atoms with E-state index in [0.717, 1.165) is 22.4 Å². The molecule has 0 radical (unpaired) electrons. The molecule has 0 aromatic heterocycles. The first kappa shape index (κ1) is 17.5. The van der Waals surface area contributed by atoms with Crippen LogP contribution >= 0.6 is 0 Å². The van der Waals surface area contributed by atoms with Gasteiger partial charge in [-0.15, -0.1) is 0 Å². The quantitative estimate of drug-likeness (QED) is 0.754. The number of rotatable bonds is 6. The summed E-state index contributed by atoms with van der Waals surface area (Å²) in [6.07, 6.45) is -0.583. The van der Waals surface area contributed by atoms with Crippen LogP contribution in [0.2, 0.25) is 0 Å². The lowest BCUT2D eigenvalue weighted by molar-refractivity contribution is 0.148. The SMILES string of the molecule is Cc1ccc(S(=O)(=O)O[C@H](C)COc2c(C)cccc2C)cc1. The van der Waals surface area contributed by atoms with Crippen LogP contribution in [0, 0.1) is 20.8 Å². The van der Waals surface area contributed by atoms with Crippen molar-refractivity contribution in [2.45, 2.75) is 38.7 Å². The number of aryl methyl sites for hydroxylation is 3. The molecular formula is C18H22O4S. The molecule has 4 nitrogen and oxygen atoms in total. The Kier molecular flexibility index (Phi) is 5.44. The van der Waals surface area contributed by atoms with E-state index in [0.29, 0.717) is 0 Å². The van der Waals surface area contributed by atoms with E-state index in [1.807, 2.05) is 39.0 Å². The second-order valence-corrected chi connectivity index (χ2v) is 7.28. The molecule has 0 heterocycles. The van der Waals surface area contributed by atoms with E-state index in [-0.39, 0.29) is 11.5 Å². The van der Waals surface area contributed by atoms with Crippen molar-refractivity contribution in [3.8, 4) is 5.75 Å². The molecule has 0 unspecified atom stereocenters. The van der Waals surface area contributed by atoms with E-state index in [4.69, 9.17) is 8.92 Å². The van der Waals surface area contributed by atoms with E-state index >= 15 is 0 Å². The topological polar surface area (TPSA) is 52.6 Å². The summed E-state index contributed by atoms with van der Waals surface area (Å²) in [6, 6.07) is 12.4. The monoisotopic (exact) mass is 334 g/mol. The summed E-state index contributed by atoms with van der Waals surface area (Å²) < 4.78 is 35.4. The minimum absolute atomic E-state index is 0.155. The third-order valence-corrected chi connectivity index (χ3v) is 4.90. The molecule has 0 saturated carbocycles. The maximum atomic E-state index is 12.2. The molecular weight excluding hydrogens is 312 g/mol. The van der Waals surface area contributed by atoms with Gasteiger partial charge in [-0.3, -0.25) is 4.18 Å². The highest BCUT2D eigenvalue weighted by Gasteiger charge is 2.19. The van der Waals surface area contributed by atoms with Crippen molar-refractivity contribution in [1.82, 2.24) is 0 Å². The van der Waals surface area contributed by atoms with Crippen molar-refractivity contribution in [3.63, 3.8) is 0 Å². The summed E-state index contributed by atoms with van der Waals surface area (Å²) in [5.41, 5.74) is 3.02. The van der Waals surface area contributed by atoms with Gasteiger partial charge in [0.2, 0.25) is 0 Å². The Morgan fingerprint density at radius 1 is 0.957 bits per heavy atom. The smallest absolute Gasteiger partial charge is 0.297 e. The number of hydrogen-bond acceptors (Lipinski definition) is 4. The molecule has 2 aromatic carbocycles. The van der Waals surface area contributed by atoms with Gasteiger partial charge in [0.25, 0.3) is 10.1 Å². The van der Waals surface area contributed by atoms with Crippen LogP contribution in [0.4, 0.5) is 0 Å². The number of hydrogen-bond donors (Lipinski definition) is 0. The van der Waals surface area contributed by atoms with Crippen LogP contribution in [0.3, 0.4) is 0 Å². The van der Waals surface area contributed by atoms with Crippen molar-refractivity contribution in [2.75, 3.05) is 6.61 Å². The van der Waals surface area contributed by atoms with E-state index in [9.17, 15) is 8.42 Å². The molecule has 2 rings (SSSR count). The summed E-state index contributed by atoms with van der Waals surface area (Å²) >= 11 is 0. The lowest BCUT2D eigenvalue weighted by atomic mass is 10.1. The summed E-state index contributed by atoms with van der Waals surface area (Å²) in [5.74, 6) is 0.774. The average molecular weight is 334 g/mol. The molecule has 5 heteroatoms. The number of para-hydroxylation sites is 1. The van der Waals surface area contributed by atoms with Gasteiger partial charge in [-0.2, -0.15) is 8.42 Å². The van der Waals surface area contributed by atoms with Crippen LogP contribution in [0.25, 0.3) is 0 Å². The fraction of sp³-hybridized carbons (Fsp3) is 0.333. The van der Waals surface area contributed by atoms with Crippen molar-refractivity contribution in [1.29, 1.82) is 0 Å². The van der Waals surface area contributed by atoms with Crippen molar-refractivity contribution >= 4 is 10.1 Å².